The lowest BCUT2D eigenvalue weighted by Gasteiger charge is -2.12. The van der Waals surface area contributed by atoms with Gasteiger partial charge in [0.05, 0.1) is 0 Å². The molecule has 0 fully saturated rings. The van der Waals surface area contributed by atoms with Gasteiger partial charge in [-0.1, -0.05) is 13.8 Å². The van der Waals surface area contributed by atoms with Gasteiger partial charge >= 0.3 is 0 Å². The minimum atomic E-state index is 0.581. The number of nitrogens with zero attached hydrogens (tertiary/aromatic N) is 2. The smallest absolute Gasteiger partial charge is 0.134 e. The Bertz CT molecular complexity index is 330. The van der Waals surface area contributed by atoms with E-state index < -0.39 is 0 Å². The van der Waals surface area contributed by atoms with Crippen molar-refractivity contribution >= 4 is 23.4 Å². The van der Waals surface area contributed by atoms with E-state index in [1.54, 1.807) is 0 Å². The van der Waals surface area contributed by atoms with Crippen LogP contribution in [0.3, 0.4) is 0 Å². The zero-order valence-electron chi connectivity index (χ0n) is 10.2. The lowest BCUT2D eigenvalue weighted by atomic mass is 10.2. The molecule has 0 aliphatic rings. The summed E-state index contributed by atoms with van der Waals surface area (Å²) in [5.74, 6) is 1.46. The average Bonchev–Trinajstić information content (AvgIpc) is 2.29. The third-order valence-electron chi connectivity index (χ3n) is 2.58. The quantitative estimate of drug-likeness (QED) is 0.798. The fraction of sp³-hybridized carbons (Fsp3) is 0.636. The van der Waals surface area contributed by atoms with Crippen molar-refractivity contribution in [1.82, 2.24) is 9.97 Å². The summed E-state index contributed by atoms with van der Waals surface area (Å²) in [6, 6.07) is 0. The molecule has 0 amide bonds. The summed E-state index contributed by atoms with van der Waals surface area (Å²) >= 11 is 1.88. The van der Waals surface area contributed by atoms with Gasteiger partial charge < -0.3 is 11.1 Å². The molecule has 0 saturated heterocycles. The average molecular weight is 240 g/mol. The number of anilines is 2. The van der Waals surface area contributed by atoms with Crippen LogP contribution in [0.25, 0.3) is 0 Å². The molecule has 1 aromatic rings. The Morgan fingerprint density at radius 1 is 1.50 bits per heavy atom. The maximum absolute atomic E-state index is 5.79. The molecule has 3 N–H and O–H groups in total. The number of nitrogens with two attached hydrogens (primary N) is 1. The SMILES string of the molecule is CCc1c(N)ncnc1NCCC(C)SC. The van der Waals surface area contributed by atoms with E-state index in [-0.39, 0.29) is 0 Å². The Morgan fingerprint density at radius 2 is 2.25 bits per heavy atom. The molecule has 1 heterocycles. The Balaban J connectivity index is 2.56. The van der Waals surface area contributed by atoms with Crippen molar-refractivity contribution in [3.63, 3.8) is 0 Å². The number of hydrogen-bond donors (Lipinski definition) is 2. The highest BCUT2D eigenvalue weighted by atomic mass is 32.2. The first kappa shape index (κ1) is 13.1. The van der Waals surface area contributed by atoms with Gasteiger partial charge in [-0.3, -0.25) is 0 Å². The van der Waals surface area contributed by atoms with Crippen LogP contribution in [0.2, 0.25) is 0 Å². The highest BCUT2D eigenvalue weighted by Crippen LogP contribution is 2.18. The Kier molecular flexibility index (Phi) is 5.38. The number of nitrogens with one attached hydrogen (secondary N) is 1. The molecule has 0 aliphatic heterocycles. The molecule has 16 heavy (non-hydrogen) atoms. The van der Waals surface area contributed by atoms with Crippen molar-refractivity contribution in [2.75, 3.05) is 23.9 Å². The van der Waals surface area contributed by atoms with Crippen LogP contribution in [0.5, 0.6) is 0 Å². The summed E-state index contributed by atoms with van der Waals surface area (Å²) in [7, 11) is 0. The minimum absolute atomic E-state index is 0.581. The van der Waals surface area contributed by atoms with Crippen molar-refractivity contribution in [1.29, 1.82) is 0 Å². The van der Waals surface area contributed by atoms with Crippen molar-refractivity contribution in [2.45, 2.75) is 31.9 Å². The van der Waals surface area contributed by atoms with E-state index in [1.165, 1.54) is 6.33 Å². The minimum Gasteiger partial charge on any atom is -0.383 e. The molecule has 0 aromatic carbocycles. The number of rotatable bonds is 6. The van der Waals surface area contributed by atoms with Crippen LogP contribution in [0.4, 0.5) is 11.6 Å². The standard InChI is InChI=1S/C11H20N4S/c1-4-9-10(12)14-7-15-11(9)13-6-5-8(2)16-3/h7-8H,4-6H2,1-3H3,(H3,12,13,14,15). The van der Waals surface area contributed by atoms with E-state index in [0.29, 0.717) is 11.1 Å². The van der Waals surface area contributed by atoms with E-state index in [0.717, 1.165) is 30.8 Å². The molecule has 0 bridgehead atoms. The first-order chi connectivity index (χ1) is 7.69. The van der Waals surface area contributed by atoms with E-state index in [2.05, 4.69) is 35.4 Å². The fourth-order valence-corrected chi connectivity index (χ4v) is 1.79. The first-order valence-electron chi connectivity index (χ1n) is 5.55. The zero-order chi connectivity index (χ0) is 12.0. The monoisotopic (exact) mass is 240 g/mol. The molecular formula is C11H20N4S. The second-order valence-electron chi connectivity index (χ2n) is 3.70. The van der Waals surface area contributed by atoms with Gasteiger partial charge in [-0.25, -0.2) is 9.97 Å². The van der Waals surface area contributed by atoms with Gasteiger partial charge in [-0.2, -0.15) is 11.8 Å². The molecule has 5 heteroatoms. The lowest BCUT2D eigenvalue weighted by Crippen LogP contribution is -2.12. The van der Waals surface area contributed by atoms with Gasteiger partial charge in [0.2, 0.25) is 0 Å². The molecule has 0 radical (unpaired) electrons. The van der Waals surface area contributed by atoms with Gasteiger partial charge in [0.1, 0.15) is 18.0 Å². The van der Waals surface area contributed by atoms with Crippen molar-refractivity contribution < 1.29 is 0 Å². The zero-order valence-corrected chi connectivity index (χ0v) is 11.0. The number of hydrogen-bond acceptors (Lipinski definition) is 5. The highest BCUT2D eigenvalue weighted by molar-refractivity contribution is 7.99. The van der Waals surface area contributed by atoms with E-state index in [1.807, 2.05) is 11.8 Å². The number of nitrogen functional groups attached to an aromatic ring is 1. The third-order valence-corrected chi connectivity index (χ3v) is 3.62. The third kappa shape index (κ3) is 3.56. The van der Waals surface area contributed by atoms with Crippen LogP contribution in [-0.2, 0) is 6.42 Å². The van der Waals surface area contributed by atoms with Gasteiger partial charge in [0, 0.05) is 17.4 Å². The number of thioether (sulfide) groups is 1. The Labute approximate surface area is 101 Å². The fourth-order valence-electron chi connectivity index (χ4n) is 1.44. The van der Waals surface area contributed by atoms with Gasteiger partial charge in [-0.05, 0) is 19.1 Å². The van der Waals surface area contributed by atoms with Gasteiger partial charge in [0.25, 0.3) is 0 Å². The Hall–Kier alpha value is -0.970. The molecule has 1 aromatic heterocycles. The molecule has 1 unspecified atom stereocenters. The molecule has 0 aliphatic carbocycles. The van der Waals surface area contributed by atoms with E-state index >= 15 is 0 Å². The highest BCUT2D eigenvalue weighted by Gasteiger charge is 2.07. The molecule has 4 nitrogen and oxygen atoms in total. The summed E-state index contributed by atoms with van der Waals surface area (Å²) in [6.45, 7) is 5.21. The predicted octanol–water partition coefficient (Wildman–Crippen LogP) is 2.17. The largest absolute Gasteiger partial charge is 0.383 e. The molecular weight excluding hydrogens is 220 g/mol. The molecule has 0 saturated carbocycles. The van der Waals surface area contributed by atoms with Crippen LogP contribution < -0.4 is 11.1 Å². The predicted molar refractivity (Wildman–Crippen MR) is 71.9 cm³/mol. The van der Waals surface area contributed by atoms with E-state index in [9.17, 15) is 0 Å². The molecule has 90 valence electrons. The van der Waals surface area contributed by atoms with Crippen LogP contribution in [0, 0.1) is 0 Å². The maximum atomic E-state index is 5.79. The van der Waals surface area contributed by atoms with Gasteiger partial charge in [0.15, 0.2) is 0 Å². The van der Waals surface area contributed by atoms with Crippen LogP contribution in [0.15, 0.2) is 6.33 Å². The molecule has 1 atom stereocenters. The van der Waals surface area contributed by atoms with E-state index in [4.69, 9.17) is 5.73 Å². The number of aromatic nitrogens is 2. The summed E-state index contributed by atoms with van der Waals surface area (Å²) in [4.78, 5) is 8.22. The van der Waals surface area contributed by atoms with Crippen LogP contribution in [0.1, 0.15) is 25.8 Å². The maximum Gasteiger partial charge on any atom is 0.134 e. The summed E-state index contributed by atoms with van der Waals surface area (Å²) in [6.07, 6.45) is 5.61. The van der Waals surface area contributed by atoms with Crippen molar-refractivity contribution in [3.8, 4) is 0 Å². The second-order valence-corrected chi connectivity index (χ2v) is 4.98. The van der Waals surface area contributed by atoms with Crippen molar-refractivity contribution in [3.05, 3.63) is 11.9 Å². The van der Waals surface area contributed by atoms with Gasteiger partial charge in [-0.15, -0.1) is 0 Å². The molecule has 1 rings (SSSR count). The molecule has 0 spiro atoms. The van der Waals surface area contributed by atoms with Crippen molar-refractivity contribution in [2.24, 2.45) is 0 Å². The topological polar surface area (TPSA) is 63.8 Å². The normalized spacial score (nSPS) is 12.4. The first-order valence-corrected chi connectivity index (χ1v) is 6.83. The van der Waals surface area contributed by atoms with Crippen LogP contribution >= 0.6 is 11.8 Å². The Morgan fingerprint density at radius 3 is 2.88 bits per heavy atom. The van der Waals surface area contributed by atoms with Crippen LogP contribution in [-0.4, -0.2) is 28.0 Å². The summed E-state index contributed by atoms with van der Waals surface area (Å²) in [5, 5.41) is 3.99. The lowest BCUT2D eigenvalue weighted by molar-refractivity contribution is 0.846. The summed E-state index contributed by atoms with van der Waals surface area (Å²) < 4.78 is 0. The summed E-state index contributed by atoms with van der Waals surface area (Å²) in [5.41, 5.74) is 6.81. The second kappa shape index (κ2) is 6.58.